The number of allylic oxidation sites excluding steroid dienone is 2. The molecule has 0 aliphatic rings. The third kappa shape index (κ3) is 14.7. The molecule has 0 bridgehead atoms. The normalized spacial score (nSPS) is 17.8. The van der Waals surface area contributed by atoms with Crippen molar-refractivity contribution in [1.29, 1.82) is 0 Å². The highest BCUT2D eigenvalue weighted by atomic mass is 28.4. The summed E-state index contributed by atoms with van der Waals surface area (Å²) in [6, 6.07) is 7.86. The average molecular weight is 633 g/mol. The smallest absolute Gasteiger partial charge is 0.330 e. The Balaban J connectivity index is 2.74. The van der Waals surface area contributed by atoms with Gasteiger partial charge < -0.3 is 28.8 Å². The van der Waals surface area contributed by atoms with Crippen molar-refractivity contribution in [1.82, 2.24) is 0 Å². The first-order valence-electron chi connectivity index (χ1n) is 15.9. The van der Waals surface area contributed by atoms with Gasteiger partial charge >= 0.3 is 5.97 Å². The Morgan fingerprint density at radius 3 is 2.11 bits per heavy atom. The maximum Gasteiger partial charge on any atom is 0.330 e. The van der Waals surface area contributed by atoms with Crippen molar-refractivity contribution in [2.45, 2.75) is 104 Å². The summed E-state index contributed by atoms with van der Waals surface area (Å²) in [7, 11) is 0.888. The molecule has 0 unspecified atom stereocenters. The number of ether oxygens (including phenoxy) is 3. The quantitative estimate of drug-likeness (QED) is 0.0537. The van der Waals surface area contributed by atoms with Crippen molar-refractivity contribution >= 4 is 14.3 Å². The molecule has 0 saturated carbocycles. The van der Waals surface area contributed by atoms with E-state index in [2.05, 4.69) is 59.4 Å². The molecule has 1 aromatic carbocycles. The van der Waals surface area contributed by atoms with E-state index in [-0.39, 0.29) is 28.9 Å². The highest BCUT2D eigenvalue weighted by Crippen LogP contribution is 2.39. The summed E-state index contributed by atoms with van der Waals surface area (Å²) in [6.07, 6.45) is 10.3. The molecule has 8 heteroatoms. The van der Waals surface area contributed by atoms with Crippen LogP contribution in [0, 0.1) is 23.7 Å². The molecule has 0 fully saturated rings. The zero-order valence-electron chi connectivity index (χ0n) is 29.1. The maximum absolute atomic E-state index is 11.4. The minimum Gasteiger partial charge on any atom is -0.497 e. The molecule has 0 heterocycles. The number of aliphatic hydroxyl groups is 2. The van der Waals surface area contributed by atoms with Crippen LogP contribution in [0.15, 0.2) is 60.7 Å². The van der Waals surface area contributed by atoms with Gasteiger partial charge in [-0.1, -0.05) is 91.0 Å². The first kappa shape index (κ1) is 39.8. The van der Waals surface area contributed by atoms with Crippen LogP contribution in [0.2, 0.25) is 18.1 Å². The first-order valence-corrected chi connectivity index (χ1v) is 18.8. The molecule has 44 heavy (non-hydrogen) atoms. The molecule has 0 saturated heterocycles. The average Bonchev–Trinajstić information content (AvgIpc) is 2.96. The molecule has 0 spiro atoms. The van der Waals surface area contributed by atoms with E-state index in [9.17, 15) is 15.0 Å². The third-order valence-corrected chi connectivity index (χ3v) is 13.1. The number of esters is 1. The summed E-state index contributed by atoms with van der Waals surface area (Å²) in [5, 5.41) is 22.1. The van der Waals surface area contributed by atoms with Crippen LogP contribution in [0.3, 0.4) is 0 Å². The molecule has 250 valence electrons. The number of carbonyl (C=O) groups excluding carboxylic acids is 1. The molecule has 2 N–H and O–H groups in total. The second-order valence-corrected chi connectivity index (χ2v) is 18.5. The lowest BCUT2D eigenvalue weighted by molar-refractivity contribution is -0.134. The van der Waals surface area contributed by atoms with Crippen LogP contribution in [-0.4, -0.2) is 63.6 Å². The molecular formula is C36H60O7Si. The predicted molar refractivity (Wildman–Crippen MR) is 182 cm³/mol. The fourth-order valence-electron chi connectivity index (χ4n) is 4.68. The lowest BCUT2D eigenvalue weighted by Gasteiger charge is -2.41. The number of carbonyl (C=O) groups is 1. The van der Waals surface area contributed by atoms with Crippen LogP contribution in [-0.2, 0) is 25.3 Å². The van der Waals surface area contributed by atoms with Crippen molar-refractivity contribution in [2.24, 2.45) is 23.7 Å². The Hall–Kier alpha value is -2.23. The van der Waals surface area contributed by atoms with E-state index in [1.54, 1.807) is 19.3 Å². The van der Waals surface area contributed by atoms with E-state index in [0.29, 0.717) is 25.6 Å². The van der Waals surface area contributed by atoms with Crippen molar-refractivity contribution < 1.29 is 33.6 Å². The number of hydrogen-bond donors (Lipinski definition) is 2. The highest BCUT2D eigenvalue weighted by molar-refractivity contribution is 6.74. The molecule has 0 aliphatic heterocycles. The van der Waals surface area contributed by atoms with Crippen LogP contribution in [0.4, 0.5) is 0 Å². The van der Waals surface area contributed by atoms with Crippen LogP contribution >= 0.6 is 0 Å². The van der Waals surface area contributed by atoms with Gasteiger partial charge in [0, 0.05) is 25.0 Å². The number of hydrogen-bond acceptors (Lipinski definition) is 7. The van der Waals surface area contributed by atoms with E-state index in [1.807, 2.05) is 49.4 Å². The van der Waals surface area contributed by atoms with Gasteiger partial charge in [-0.25, -0.2) is 4.79 Å². The van der Waals surface area contributed by atoms with Crippen molar-refractivity contribution in [3.8, 4) is 5.75 Å². The van der Waals surface area contributed by atoms with Crippen molar-refractivity contribution in [3.05, 3.63) is 66.3 Å². The van der Waals surface area contributed by atoms with Gasteiger partial charge in [0.1, 0.15) is 5.75 Å². The SMILES string of the molecule is COC(=O)/C=C\C=C\[C@H](C)[C@H](C[C@H](O)/C=C\[C@H](C)[C@H](O)[C@@H](C)C[C@@H](C)COCc1ccc(OC)cc1)O[Si](C)(C)C(C)(C)C. The number of methoxy groups -OCH3 is 2. The van der Waals surface area contributed by atoms with Gasteiger partial charge in [-0.05, 0) is 60.0 Å². The summed E-state index contributed by atoms with van der Waals surface area (Å²) in [5.41, 5.74) is 1.10. The largest absolute Gasteiger partial charge is 0.497 e. The van der Waals surface area contributed by atoms with Gasteiger partial charge in [-0.3, -0.25) is 0 Å². The molecule has 0 radical (unpaired) electrons. The second kappa shape index (κ2) is 19.3. The van der Waals surface area contributed by atoms with Crippen LogP contribution in [0.1, 0.15) is 66.9 Å². The van der Waals surface area contributed by atoms with Gasteiger partial charge in [0.25, 0.3) is 0 Å². The molecule has 0 amide bonds. The fraction of sp³-hybridized carbons (Fsp3) is 0.639. The van der Waals surface area contributed by atoms with Crippen molar-refractivity contribution in [3.63, 3.8) is 0 Å². The van der Waals surface area contributed by atoms with Gasteiger partial charge in [-0.2, -0.15) is 0 Å². The molecule has 0 aromatic heterocycles. The Morgan fingerprint density at radius 1 is 0.909 bits per heavy atom. The van der Waals surface area contributed by atoms with E-state index >= 15 is 0 Å². The summed E-state index contributed by atoms with van der Waals surface area (Å²) in [4.78, 5) is 11.4. The van der Waals surface area contributed by atoms with Crippen LogP contribution in [0.25, 0.3) is 0 Å². The maximum atomic E-state index is 11.4. The Bertz CT molecular complexity index is 1040. The lowest BCUT2D eigenvalue weighted by atomic mass is 9.86. The lowest BCUT2D eigenvalue weighted by Crippen LogP contribution is -2.46. The topological polar surface area (TPSA) is 94.5 Å². The van der Waals surface area contributed by atoms with E-state index < -0.39 is 26.5 Å². The molecule has 7 nitrogen and oxygen atoms in total. The first-order chi connectivity index (χ1) is 20.5. The number of rotatable bonds is 19. The van der Waals surface area contributed by atoms with Crippen LogP contribution < -0.4 is 4.74 Å². The summed E-state index contributed by atoms with van der Waals surface area (Å²) in [6.45, 7) is 20.4. The molecule has 1 rings (SSSR count). The Morgan fingerprint density at radius 2 is 1.55 bits per heavy atom. The summed E-state index contributed by atoms with van der Waals surface area (Å²) < 4.78 is 22.5. The Kier molecular flexibility index (Phi) is 17.5. The molecule has 0 aliphatic carbocycles. The van der Waals surface area contributed by atoms with Gasteiger partial charge in [0.05, 0.1) is 39.1 Å². The van der Waals surface area contributed by atoms with Gasteiger partial charge in [0.2, 0.25) is 0 Å². The Labute approximate surface area is 268 Å². The van der Waals surface area contributed by atoms with Gasteiger partial charge in [0.15, 0.2) is 8.32 Å². The van der Waals surface area contributed by atoms with Crippen molar-refractivity contribution in [2.75, 3.05) is 20.8 Å². The summed E-state index contributed by atoms with van der Waals surface area (Å²) >= 11 is 0. The van der Waals surface area contributed by atoms with E-state index in [4.69, 9.17) is 13.9 Å². The number of aliphatic hydroxyl groups excluding tert-OH is 2. The number of benzene rings is 1. The fourth-order valence-corrected chi connectivity index (χ4v) is 6.11. The highest BCUT2D eigenvalue weighted by Gasteiger charge is 2.40. The van der Waals surface area contributed by atoms with Crippen LogP contribution in [0.5, 0.6) is 5.75 Å². The van der Waals surface area contributed by atoms with E-state index in [1.165, 1.54) is 13.2 Å². The second-order valence-electron chi connectivity index (χ2n) is 13.8. The molecule has 1 aromatic rings. The van der Waals surface area contributed by atoms with Gasteiger partial charge in [-0.15, -0.1) is 0 Å². The third-order valence-electron chi connectivity index (χ3n) is 8.63. The standard InChI is InChI=1S/C36H60O7Si/c1-26(24-42-25-30-17-20-32(40-8)21-18-30)22-29(4)35(39)28(3)16-19-31(37)23-33(43-44(10,11)36(5,6)7)27(2)14-12-13-15-34(38)41-9/h12-21,26-29,31,33,35,37,39H,22-25H2,1-11H3/b14-12+,15-13-,19-16-/t26-,27+,28+,29+,31-,33+,35+/m1/s1. The molecule has 7 atom stereocenters. The zero-order valence-corrected chi connectivity index (χ0v) is 30.1. The predicted octanol–water partition coefficient (Wildman–Crippen LogP) is 7.49. The minimum absolute atomic E-state index is 0.00549. The zero-order chi connectivity index (χ0) is 33.5. The summed E-state index contributed by atoms with van der Waals surface area (Å²) in [5.74, 6) is 0.677. The minimum atomic E-state index is -2.11. The monoisotopic (exact) mass is 632 g/mol. The van der Waals surface area contributed by atoms with E-state index in [0.717, 1.165) is 17.7 Å². The molecular weight excluding hydrogens is 572 g/mol.